The number of carboxylic acid groups (broad SMARTS) is 1. The Kier molecular flexibility index (Phi) is 5.76. The van der Waals surface area contributed by atoms with Gasteiger partial charge in [0.1, 0.15) is 5.78 Å². The lowest BCUT2D eigenvalue weighted by molar-refractivity contribution is -0.147. The molecule has 2 saturated heterocycles. The highest BCUT2D eigenvalue weighted by atomic mass is 16.5. The third-order valence-corrected chi connectivity index (χ3v) is 4.81. The molecule has 2 fully saturated rings. The van der Waals surface area contributed by atoms with Crippen LogP contribution in [0, 0.1) is 11.8 Å². The molecule has 5 heteroatoms. The van der Waals surface area contributed by atoms with Crippen LogP contribution in [0.1, 0.15) is 46.0 Å². The van der Waals surface area contributed by atoms with Gasteiger partial charge in [0, 0.05) is 6.42 Å². The number of fused-ring (bicyclic) bond motifs is 2. The summed E-state index contributed by atoms with van der Waals surface area (Å²) in [6.45, 7) is 7.24. The van der Waals surface area contributed by atoms with Crippen molar-refractivity contribution < 1.29 is 19.4 Å². The fourth-order valence-corrected chi connectivity index (χ4v) is 3.79. The molecule has 2 aliphatic heterocycles. The molecule has 0 aromatic heterocycles. The highest BCUT2D eigenvalue weighted by Crippen LogP contribution is 2.44. The maximum atomic E-state index is 12.4. The normalized spacial score (nSPS) is 31.0. The molecule has 21 heavy (non-hydrogen) atoms. The van der Waals surface area contributed by atoms with Crippen molar-refractivity contribution in [3.8, 4) is 0 Å². The van der Waals surface area contributed by atoms with Crippen molar-refractivity contribution in [2.24, 2.45) is 11.8 Å². The average Bonchev–Trinajstić information content (AvgIpc) is 3.06. The maximum absolute atomic E-state index is 12.4. The van der Waals surface area contributed by atoms with Crippen LogP contribution in [-0.2, 0) is 14.3 Å². The van der Waals surface area contributed by atoms with Crippen LogP contribution in [0.4, 0.5) is 0 Å². The van der Waals surface area contributed by atoms with Crippen molar-refractivity contribution >= 4 is 11.8 Å². The Morgan fingerprint density at radius 2 is 1.81 bits per heavy atom. The van der Waals surface area contributed by atoms with Gasteiger partial charge in [-0.15, -0.1) is 0 Å². The smallest absolute Gasteiger partial charge is 0.309 e. The van der Waals surface area contributed by atoms with Crippen LogP contribution >= 0.6 is 0 Å². The first-order valence-corrected chi connectivity index (χ1v) is 8.21. The molecular weight excluding hydrogens is 270 g/mol. The topological polar surface area (TPSA) is 66.8 Å². The number of ketones is 1. The molecule has 120 valence electrons. The lowest BCUT2D eigenvalue weighted by atomic mass is 9.76. The predicted molar refractivity (Wildman–Crippen MR) is 79.2 cm³/mol. The highest BCUT2D eigenvalue weighted by Gasteiger charge is 2.54. The molecule has 5 nitrogen and oxygen atoms in total. The Morgan fingerprint density at radius 3 is 2.38 bits per heavy atom. The molecule has 2 aliphatic rings. The van der Waals surface area contributed by atoms with Gasteiger partial charge in [-0.2, -0.15) is 0 Å². The van der Waals surface area contributed by atoms with Crippen molar-refractivity contribution in [1.29, 1.82) is 0 Å². The zero-order valence-corrected chi connectivity index (χ0v) is 13.1. The molecule has 0 amide bonds. The molecule has 0 saturated carbocycles. The summed E-state index contributed by atoms with van der Waals surface area (Å²) in [4.78, 5) is 26.1. The standard InChI is InChI=1S/C16H27NO4/c1-3-9-17(4-2)10-5-6-11(18)14-12-7-8-13(21-12)15(14)16(19)20/h12-15H,3-10H2,1-2H3,(H,19,20). The number of nitrogens with zero attached hydrogens (tertiary/aromatic N) is 1. The van der Waals surface area contributed by atoms with Crippen molar-refractivity contribution in [2.75, 3.05) is 19.6 Å². The van der Waals surface area contributed by atoms with Crippen LogP contribution in [0.3, 0.4) is 0 Å². The van der Waals surface area contributed by atoms with Crippen LogP contribution < -0.4 is 0 Å². The summed E-state index contributed by atoms with van der Waals surface area (Å²) in [5.74, 6) is -1.82. The first-order chi connectivity index (χ1) is 10.1. The molecular formula is C16H27NO4. The van der Waals surface area contributed by atoms with Gasteiger partial charge in [0.15, 0.2) is 0 Å². The molecule has 4 atom stereocenters. The number of carbonyl (C=O) groups is 2. The summed E-state index contributed by atoms with van der Waals surface area (Å²) >= 11 is 0. The van der Waals surface area contributed by atoms with E-state index in [1.54, 1.807) is 0 Å². The monoisotopic (exact) mass is 297 g/mol. The van der Waals surface area contributed by atoms with E-state index < -0.39 is 17.8 Å². The van der Waals surface area contributed by atoms with Gasteiger partial charge >= 0.3 is 5.97 Å². The molecule has 0 aliphatic carbocycles. The van der Waals surface area contributed by atoms with E-state index in [0.29, 0.717) is 6.42 Å². The van der Waals surface area contributed by atoms with E-state index >= 15 is 0 Å². The minimum absolute atomic E-state index is 0.0853. The quantitative estimate of drug-likeness (QED) is 0.704. The van der Waals surface area contributed by atoms with E-state index in [4.69, 9.17) is 4.74 Å². The summed E-state index contributed by atoms with van der Waals surface area (Å²) in [6, 6.07) is 0. The Balaban J connectivity index is 1.84. The van der Waals surface area contributed by atoms with Gasteiger partial charge < -0.3 is 14.7 Å². The van der Waals surface area contributed by atoms with Crippen molar-refractivity contribution in [3.63, 3.8) is 0 Å². The molecule has 4 unspecified atom stereocenters. The van der Waals surface area contributed by atoms with E-state index in [1.165, 1.54) is 0 Å². The Hall–Kier alpha value is -0.940. The van der Waals surface area contributed by atoms with Gasteiger partial charge in [-0.1, -0.05) is 13.8 Å². The van der Waals surface area contributed by atoms with E-state index in [1.807, 2.05) is 0 Å². The molecule has 0 aromatic carbocycles. The predicted octanol–water partition coefficient (Wildman–Crippen LogP) is 1.95. The number of carbonyl (C=O) groups excluding carboxylic acids is 1. The zero-order chi connectivity index (χ0) is 15.4. The minimum atomic E-state index is -0.873. The second-order valence-electron chi connectivity index (χ2n) is 6.18. The minimum Gasteiger partial charge on any atom is -0.481 e. The van der Waals surface area contributed by atoms with Crippen LogP contribution in [0.15, 0.2) is 0 Å². The lowest BCUT2D eigenvalue weighted by Gasteiger charge is -2.24. The van der Waals surface area contributed by atoms with Crippen LogP contribution in [0.5, 0.6) is 0 Å². The van der Waals surface area contributed by atoms with Crippen LogP contribution in [-0.4, -0.2) is 53.6 Å². The number of aliphatic carboxylic acids is 1. The zero-order valence-electron chi connectivity index (χ0n) is 13.1. The fourth-order valence-electron chi connectivity index (χ4n) is 3.79. The Bertz CT molecular complexity index is 384. The van der Waals surface area contributed by atoms with Gasteiger partial charge in [0.05, 0.1) is 24.0 Å². The van der Waals surface area contributed by atoms with Gasteiger partial charge in [-0.3, -0.25) is 9.59 Å². The van der Waals surface area contributed by atoms with Gasteiger partial charge in [-0.05, 0) is 45.3 Å². The van der Waals surface area contributed by atoms with Crippen molar-refractivity contribution in [1.82, 2.24) is 4.90 Å². The van der Waals surface area contributed by atoms with Crippen LogP contribution in [0.25, 0.3) is 0 Å². The third-order valence-electron chi connectivity index (χ3n) is 4.81. The van der Waals surface area contributed by atoms with E-state index in [2.05, 4.69) is 18.7 Å². The van der Waals surface area contributed by atoms with Gasteiger partial charge in [-0.25, -0.2) is 0 Å². The number of rotatable bonds is 9. The SMILES string of the molecule is CCCN(CC)CCCC(=O)C1C2CCC(O2)C1C(=O)O. The fraction of sp³-hybridized carbons (Fsp3) is 0.875. The average molecular weight is 297 g/mol. The molecule has 2 bridgehead atoms. The molecule has 2 heterocycles. The number of ether oxygens (including phenoxy) is 1. The summed E-state index contributed by atoms with van der Waals surface area (Å²) in [5, 5.41) is 9.34. The summed E-state index contributed by atoms with van der Waals surface area (Å²) in [6.07, 6.45) is 3.63. The van der Waals surface area contributed by atoms with E-state index in [0.717, 1.165) is 45.3 Å². The molecule has 2 rings (SSSR count). The summed E-state index contributed by atoms with van der Waals surface area (Å²) in [7, 11) is 0. The first-order valence-electron chi connectivity index (χ1n) is 8.21. The van der Waals surface area contributed by atoms with E-state index in [-0.39, 0.29) is 18.0 Å². The van der Waals surface area contributed by atoms with Crippen molar-refractivity contribution in [3.05, 3.63) is 0 Å². The summed E-state index contributed by atoms with van der Waals surface area (Å²) in [5.41, 5.74) is 0. The maximum Gasteiger partial charge on any atom is 0.309 e. The lowest BCUT2D eigenvalue weighted by Crippen LogP contribution is -2.38. The highest BCUT2D eigenvalue weighted by molar-refractivity contribution is 5.88. The molecule has 0 radical (unpaired) electrons. The Morgan fingerprint density at radius 1 is 1.14 bits per heavy atom. The van der Waals surface area contributed by atoms with Crippen molar-refractivity contribution in [2.45, 2.75) is 58.2 Å². The largest absolute Gasteiger partial charge is 0.481 e. The molecule has 1 N–H and O–H groups in total. The second-order valence-corrected chi connectivity index (χ2v) is 6.18. The molecule has 0 aromatic rings. The Labute approximate surface area is 126 Å². The van der Waals surface area contributed by atoms with E-state index in [9.17, 15) is 14.7 Å². The van der Waals surface area contributed by atoms with Gasteiger partial charge in [0.25, 0.3) is 0 Å². The third kappa shape index (κ3) is 3.64. The summed E-state index contributed by atoms with van der Waals surface area (Å²) < 4.78 is 5.66. The number of hydrogen-bond acceptors (Lipinski definition) is 4. The van der Waals surface area contributed by atoms with Gasteiger partial charge in [0.2, 0.25) is 0 Å². The number of Topliss-reactive ketones (excluding diaryl/α,β-unsaturated/α-hetero) is 1. The van der Waals surface area contributed by atoms with Crippen LogP contribution in [0.2, 0.25) is 0 Å². The number of hydrogen-bond donors (Lipinski definition) is 1. The first kappa shape index (κ1) is 16.4. The number of carboxylic acids is 1. The molecule has 0 spiro atoms. The second kappa shape index (κ2) is 7.36.